The number of furan rings is 1. The first kappa shape index (κ1) is 12.5. The van der Waals surface area contributed by atoms with Crippen molar-refractivity contribution < 1.29 is 4.42 Å². The zero-order valence-corrected chi connectivity index (χ0v) is 12.2. The van der Waals surface area contributed by atoms with Crippen LogP contribution in [0.3, 0.4) is 0 Å². The number of fused-ring (bicyclic) bond motifs is 3. The van der Waals surface area contributed by atoms with Crippen LogP contribution in [0.2, 0.25) is 0 Å². The van der Waals surface area contributed by atoms with E-state index in [2.05, 4.69) is 61.5 Å². The molecule has 1 aliphatic rings. The Balaban J connectivity index is 1.92. The van der Waals surface area contributed by atoms with Gasteiger partial charge in [-0.05, 0) is 24.0 Å². The second-order valence-electron chi connectivity index (χ2n) is 5.61. The zero-order chi connectivity index (χ0) is 14.2. The lowest BCUT2D eigenvalue weighted by molar-refractivity contribution is 0.547. The van der Waals surface area contributed by atoms with Crippen LogP contribution >= 0.6 is 0 Å². The summed E-state index contributed by atoms with van der Waals surface area (Å²) in [6.45, 7) is 2.18. The van der Waals surface area contributed by atoms with Crippen LogP contribution in [-0.4, -0.2) is 0 Å². The van der Waals surface area contributed by atoms with Crippen molar-refractivity contribution in [3.63, 3.8) is 0 Å². The first-order chi connectivity index (χ1) is 10.4. The molecule has 0 atom stereocenters. The van der Waals surface area contributed by atoms with Gasteiger partial charge in [-0.15, -0.1) is 0 Å². The Labute approximate surface area is 124 Å². The van der Waals surface area contributed by atoms with E-state index in [9.17, 15) is 0 Å². The van der Waals surface area contributed by atoms with Crippen molar-refractivity contribution in [2.75, 3.05) is 0 Å². The van der Waals surface area contributed by atoms with Crippen molar-refractivity contribution >= 4 is 17.0 Å². The SMILES string of the molecule is CCc1ccc(-c2cccc3c4c(oc23)CCC=C4)cc1. The lowest BCUT2D eigenvalue weighted by Crippen LogP contribution is -1.87. The highest BCUT2D eigenvalue weighted by Gasteiger charge is 2.16. The molecule has 0 bridgehead atoms. The standard InChI is InChI=1S/C20H18O/c1-2-14-10-12-15(13-11-14)16-7-5-8-18-17-6-3-4-9-19(17)21-20(16)18/h3,5-8,10-13H,2,4,9H2,1H3. The number of hydrogen-bond acceptors (Lipinski definition) is 1. The molecule has 0 spiro atoms. The van der Waals surface area contributed by atoms with E-state index in [4.69, 9.17) is 4.42 Å². The van der Waals surface area contributed by atoms with Crippen LogP contribution in [-0.2, 0) is 12.8 Å². The minimum atomic E-state index is 1.01. The predicted molar refractivity (Wildman–Crippen MR) is 88.4 cm³/mol. The van der Waals surface area contributed by atoms with E-state index in [-0.39, 0.29) is 0 Å². The molecule has 0 aliphatic heterocycles. The normalized spacial score (nSPS) is 13.6. The largest absolute Gasteiger partial charge is 0.460 e. The van der Waals surface area contributed by atoms with Gasteiger partial charge in [-0.1, -0.05) is 61.5 Å². The maximum absolute atomic E-state index is 6.18. The summed E-state index contributed by atoms with van der Waals surface area (Å²) in [5.74, 6) is 1.13. The fourth-order valence-corrected chi connectivity index (χ4v) is 3.12. The average Bonchev–Trinajstić information content (AvgIpc) is 2.94. The molecule has 4 rings (SSSR count). The maximum Gasteiger partial charge on any atom is 0.142 e. The van der Waals surface area contributed by atoms with Crippen molar-refractivity contribution in [2.24, 2.45) is 0 Å². The number of benzene rings is 2. The topological polar surface area (TPSA) is 13.1 Å². The Hall–Kier alpha value is -2.28. The van der Waals surface area contributed by atoms with Gasteiger partial charge in [0.05, 0.1) is 0 Å². The van der Waals surface area contributed by atoms with Gasteiger partial charge in [0, 0.05) is 22.9 Å². The summed E-state index contributed by atoms with van der Waals surface area (Å²) >= 11 is 0. The number of aryl methyl sites for hydroxylation is 2. The molecule has 104 valence electrons. The summed E-state index contributed by atoms with van der Waals surface area (Å²) in [7, 11) is 0. The highest BCUT2D eigenvalue weighted by Crippen LogP contribution is 2.36. The van der Waals surface area contributed by atoms with Crippen molar-refractivity contribution in [1.82, 2.24) is 0 Å². The van der Waals surface area contributed by atoms with Gasteiger partial charge in [-0.2, -0.15) is 0 Å². The van der Waals surface area contributed by atoms with E-state index in [1.54, 1.807) is 0 Å². The summed E-state index contributed by atoms with van der Waals surface area (Å²) in [6, 6.07) is 15.3. The third-order valence-corrected chi connectivity index (χ3v) is 4.33. The first-order valence-corrected chi connectivity index (χ1v) is 7.67. The molecular weight excluding hydrogens is 256 g/mol. The van der Waals surface area contributed by atoms with E-state index >= 15 is 0 Å². The smallest absolute Gasteiger partial charge is 0.142 e. The van der Waals surface area contributed by atoms with Crippen molar-refractivity contribution in [1.29, 1.82) is 0 Å². The lowest BCUT2D eigenvalue weighted by atomic mass is 9.98. The van der Waals surface area contributed by atoms with Crippen LogP contribution in [0.15, 0.2) is 53.0 Å². The monoisotopic (exact) mass is 274 g/mol. The van der Waals surface area contributed by atoms with Gasteiger partial charge in [-0.3, -0.25) is 0 Å². The van der Waals surface area contributed by atoms with Crippen molar-refractivity contribution in [3.8, 4) is 11.1 Å². The Bertz CT molecular complexity index is 819. The maximum atomic E-state index is 6.18. The summed E-state index contributed by atoms with van der Waals surface area (Å²) < 4.78 is 6.18. The highest BCUT2D eigenvalue weighted by molar-refractivity contribution is 5.98. The lowest BCUT2D eigenvalue weighted by Gasteiger charge is -2.04. The van der Waals surface area contributed by atoms with E-state index in [1.807, 2.05) is 0 Å². The average molecular weight is 274 g/mol. The fraction of sp³-hybridized carbons (Fsp3) is 0.200. The number of allylic oxidation sites excluding steroid dienone is 1. The molecule has 0 saturated carbocycles. The highest BCUT2D eigenvalue weighted by atomic mass is 16.3. The third kappa shape index (κ3) is 2.01. The molecule has 0 saturated heterocycles. The van der Waals surface area contributed by atoms with Crippen LogP contribution in [0.4, 0.5) is 0 Å². The quantitative estimate of drug-likeness (QED) is 0.591. The molecular formula is C20H18O. The number of hydrogen-bond donors (Lipinski definition) is 0. The summed E-state index contributed by atoms with van der Waals surface area (Å²) in [5.41, 5.74) is 6.08. The minimum Gasteiger partial charge on any atom is -0.460 e. The molecule has 1 aromatic heterocycles. The number of para-hydroxylation sites is 1. The zero-order valence-electron chi connectivity index (χ0n) is 12.2. The van der Waals surface area contributed by atoms with Crippen molar-refractivity contribution in [2.45, 2.75) is 26.2 Å². The second kappa shape index (κ2) is 4.92. The van der Waals surface area contributed by atoms with Gasteiger partial charge in [0.15, 0.2) is 0 Å². The van der Waals surface area contributed by atoms with Gasteiger partial charge in [0.2, 0.25) is 0 Å². The van der Waals surface area contributed by atoms with Gasteiger partial charge < -0.3 is 4.42 Å². The summed E-state index contributed by atoms with van der Waals surface area (Å²) in [5, 5.41) is 1.23. The molecule has 0 radical (unpaired) electrons. The molecule has 0 unspecified atom stereocenters. The van der Waals surface area contributed by atoms with Crippen LogP contribution in [0.25, 0.3) is 28.2 Å². The van der Waals surface area contributed by atoms with Crippen LogP contribution in [0, 0.1) is 0 Å². The van der Waals surface area contributed by atoms with Gasteiger partial charge in [-0.25, -0.2) is 0 Å². The van der Waals surface area contributed by atoms with Crippen LogP contribution < -0.4 is 0 Å². The minimum absolute atomic E-state index is 1.01. The third-order valence-electron chi connectivity index (χ3n) is 4.33. The van der Waals surface area contributed by atoms with Crippen LogP contribution in [0.1, 0.15) is 30.2 Å². The van der Waals surface area contributed by atoms with E-state index < -0.39 is 0 Å². The molecule has 1 nitrogen and oxygen atoms in total. The molecule has 0 fully saturated rings. The van der Waals surface area contributed by atoms with Gasteiger partial charge >= 0.3 is 0 Å². The Kier molecular flexibility index (Phi) is 2.92. The Morgan fingerprint density at radius 2 is 1.90 bits per heavy atom. The van der Waals surface area contributed by atoms with E-state index in [1.165, 1.54) is 27.6 Å². The molecule has 2 aromatic carbocycles. The number of rotatable bonds is 2. The second-order valence-corrected chi connectivity index (χ2v) is 5.61. The fourth-order valence-electron chi connectivity index (χ4n) is 3.12. The Morgan fingerprint density at radius 3 is 2.71 bits per heavy atom. The van der Waals surface area contributed by atoms with Crippen LogP contribution in [0.5, 0.6) is 0 Å². The molecule has 3 aromatic rings. The molecule has 1 aliphatic carbocycles. The summed E-state index contributed by atoms with van der Waals surface area (Å²) in [6.07, 6.45) is 7.60. The Morgan fingerprint density at radius 1 is 1.05 bits per heavy atom. The van der Waals surface area contributed by atoms with E-state index in [0.717, 1.165) is 30.6 Å². The molecule has 0 N–H and O–H groups in total. The first-order valence-electron chi connectivity index (χ1n) is 7.67. The molecule has 0 amide bonds. The molecule has 1 heteroatoms. The van der Waals surface area contributed by atoms with E-state index in [0.29, 0.717) is 0 Å². The molecule has 1 heterocycles. The predicted octanol–water partition coefficient (Wildman–Crippen LogP) is 5.62. The van der Waals surface area contributed by atoms with Gasteiger partial charge in [0.25, 0.3) is 0 Å². The summed E-state index contributed by atoms with van der Waals surface area (Å²) in [4.78, 5) is 0. The van der Waals surface area contributed by atoms with Crippen molar-refractivity contribution in [3.05, 3.63) is 65.4 Å². The molecule has 21 heavy (non-hydrogen) atoms. The van der Waals surface area contributed by atoms with Gasteiger partial charge in [0.1, 0.15) is 11.3 Å².